The number of primary amides is 2. The average molecular weight is 1590 g/mol. The first-order valence-electron chi connectivity index (χ1n) is 37.3. The van der Waals surface area contributed by atoms with Gasteiger partial charge >= 0.3 is 17.9 Å². The van der Waals surface area contributed by atoms with Gasteiger partial charge in [-0.2, -0.15) is 0 Å². The summed E-state index contributed by atoms with van der Waals surface area (Å²) in [5.41, 5.74) is 39.3. The molecular weight excluding hydrogens is 1470 g/mol. The maximum absolute atomic E-state index is 14.6. The van der Waals surface area contributed by atoms with Crippen molar-refractivity contribution in [2.24, 2.45) is 68.8 Å². The number of carbonyl (C=O) groups excluding carboxylic acids is 14. The Balaban J connectivity index is 3.70. The van der Waals surface area contributed by atoms with Gasteiger partial charge in [-0.1, -0.05) is 67.5 Å². The fraction of sp³-hybridized carbons (Fsp3) is 0.662. The molecule has 0 aliphatic rings. The number of hydrogen-bond acceptors (Lipinski definition) is 22. The Kier molecular flexibility index (Phi) is 45.7. The van der Waals surface area contributed by atoms with Crippen LogP contribution in [0.25, 0.3) is 0 Å². The summed E-state index contributed by atoms with van der Waals surface area (Å²) in [6.07, 6.45) is -3.42. The first kappa shape index (κ1) is 99.2. The van der Waals surface area contributed by atoms with E-state index < -0.39 is 224 Å². The van der Waals surface area contributed by atoms with Gasteiger partial charge in [-0.15, -0.1) is 0 Å². The number of rotatable bonds is 56. The van der Waals surface area contributed by atoms with Crippen LogP contribution in [0.5, 0.6) is 5.75 Å². The van der Waals surface area contributed by atoms with Crippen LogP contribution in [-0.4, -0.2) is 225 Å². The van der Waals surface area contributed by atoms with Crippen LogP contribution in [0, 0.1) is 23.7 Å². The number of nitrogens with zero attached hydrogens (tertiary/aromatic N) is 1. The fourth-order valence-electron chi connectivity index (χ4n) is 11.2. The van der Waals surface area contributed by atoms with Crippen molar-refractivity contribution in [1.29, 1.82) is 0 Å². The Labute approximate surface area is 650 Å². The molecule has 630 valence electrons. The highest BCUT2D eigenvalue weighted by Crippen LogP contribution is 2.17. The van der Waals surface area contributed by atoms with Crippen LogP contribution in [0.1, 0.15) is 177 Å². The zero-order valence-electron chi connectivity index (χ0n) is 65.2. The Morgan fingerprint density at radius 2 is 0.741 bits per heavy atom. The molecule has 0 aromatic heterocycles. The van der Waals surface area contributed by atoms with Crippen LogP contribution < -0.4 is 104 Å². The van der Waals surface area contributed by atoms with Crippen molar-refractivity contribution in [3.05, 3.63) is 29.8 Å². The van der Waals surface area contributed by atoms with Gasteiger partial charge in [0.1, 0.15) is 78.3 Å². The number of carboxylic acids is 3. The number of phenolic OH excluding ortho intramolecular Hbond substituents is 1. The molecule has 14 amide bonds. The summed E-state index contributed by atoms with van der Waals surface area (Å²) in [6, 6.07) is -14.8. The summed E-state index contributed by atoms with van der Waals surface area (Å²) in [6.45, 7) is 15.0. The summed E-state index contributed by atoms with van der Waals surface area (Å²) in [5, 5.41) is 68.7. The number of aliphatic carboxylic acids is 3. The van der Waals surface area contributed by atoms with Gasteiger partial charge in [0.15, 0.2) is 5.96 Å². The first-order chi connectivity index (χ1) is 52.4. The van der Waals surface area contributed by atoms with E-state index in [0.29, 0.717) is 24.8 Å². The Hall–Kier alpha value is -10.8. The summed E-state index contributed by atoms with van der Waals surface area (Å²) < 4.78 is 0. The average Bonchev–Trinajstić information content (AvgIpc) is 0.854. The largest absolute Gasteiger partial charge is 0.508 e. The van der Waals surface area contributed by atoms with Gasteiger partial charge in [-0.05, 0) is 145 Å². The Morgan fingerprint density at radius 3 is 1.17 bits per heavy atom. The second kappa shape index (κ2) is 51.6. The number of aliphatic imine (C=N–C) groups is 1. The zero-order chi connectivity index (χ0) is 85.2. The highest BCUT2D eigenvalue weighted by atomic mass is 16.4. The van der Waals surface area contributed by atoms with E-state index in [-0.39, 0.29) is 107 Å². The van der Waals surface area contributed by atoms with Gasteiger partial charge in [-0.25, -0.2) is 4.79 Å². The molecule has 1 aromatic carbocycles. The van der Waals surface area contributed by atoms with Gasteiger partial charge in [0.05, 0.1) is 18.9 Å². The fourth-order valence-corrected chi connectivity index (χ4v) is 11.2. The van der Waals surface area contributed by atoms with E-state index in [4.69, 9.17) is 40.1 Å². The molecule has 0 aliphatic carbocycles. The van der Waals surface area contributed by atoms with Crippen molar-refractivity contribution >= 4 is 107 Å². The number of carboxylic acid groups (broad SMARTS) is 3. The van der Waals surface area contributed by atoms with Crippen LogP contribution in [0.4, 0.5) is 0 Å². The maximum atomic E-state index is 14.6. The summed E-state index contributed by atoms with van der Waals surface area (Å²) in [7, 11) is 0. The minimum absolute atomic E-state index is 0.0154. The molecule has 0 unspecified atom stereocenters. The molecule has 0 heterocycles. The molecule has 13 atom stereocenters. The molecule has 41 heteroatoms. The quantitative estimate of drug-likeness (QED) is 0.0165. The van der Waals surface area contributed by atoms with Gasteiger partial charge in [0, 0.05) is 25.8 Å². The van der Waals surface area contributed by atoms with Crippen molar-refractivity contribution in [2.45, 2.75) is 256 Å². The number of hydrogen-bond donors (Lipinski definition) is 23. The minimum Gasteiger partial charge on any atom is -0.508 e. The van der Waals surface area contributed by atoms with Gasteiger partial charge in [-0.3, -0.25) is 81.7 Å². The normalized spacial score (nSPS) is 14.7. The molecule has 41 nitrogen and oxygen atoms in total. The number of nitrogens with one attached hydrogen (secondary N) is 12. The topological polar surface area (TPSA) is 710 Å². The van der Waals surface area contributed by atoms with Crippen molar-refractivity contribution in [2.75, 3.05) is 19.6 Å². The van der Waals surface area contributed by atoms with E-state index in [2.05, 4.69) is 68.8 Å². The molecule has 0 aliphatic heterocycles. The Bertz CT molecular complexity index is 3370. The summed E-state index contributed by atoms with van der Waals surface area (Å²) in [4.78, 5) is 233. The lowest BCUT2D eigenvalue weighted by molar-refractivity contribution is -0.142. The van der Waals surface area contributed by atoms with Crippen molar-refractivity contribution < 1.29 is 102 Å². The molecule has 0 fully saturated rings. The second-order valence-corrected chi connectivity index (χ2v) is 29.0. The lowest BCUT2D eigenvalue weighted by atomic mass is 9.99. The first-order valence-corrected chi connectivity index (χ1v) is 37.3. The standard InChI is InChI=1S/C71H120N20O21/c1-35(2)29-48(88-66(107)51(32-40-18-20-41(92)21-19-40)89-67(108)52(34-54(76)94)90-62(103)45(22-24-53(75)93)82-60(101)43(15-10-12-26-72)81-59(100)42(74)33-56(97)98)64(105)80-39(9)58(99)86-50(31-37(5)6)68(109)91-57(38(7)8)69(110)84-44(17-14-28-79-71(77)78)61(102)83-46(23-25-55(95)96)63(104)87-49(30-36(3)4)65(106)85-47(70(111)112)16-11-13-27-73/h18-21,35-39,42-52,57,92H,10-17,22-34,72-74H2,1-9H3,(H2,75,93)(H2,76,94)(H,80,105)(H,81,100)(H,82,101)(H,83,102)(H,84,110)(H,85,106)(H,86,99)(H,87,104)(H,88,107)(H,89,108)(H,90,103)(H,91,109)(H,95,96)(H,97,98)(H,111,112)(H4,77,78,79)/t39-,42-,43-,44-,45-,46-,47-,48-,49-,50-,51-,52-,57-/m0/s1. The number of nitrogens with two attached hydrogens (primary N) is 7. The molecule has 1 rings (SSSR count). The van der Waals surface area contributed by atoms with Crippen molar-refractivity contribution in [1.82, 2.24) is 63.8 Å². The molecule has 0 saturated heterocycles. The molecular formula is C71H120N20O21. The van der Waals surface area contributed by atoms with Crippen LogP contribution in [0.3, 0.4) is 0 Å². The third-order valence-electron chi connectivity index (χ3n) is 17.1. The van der Waals surface area contributed by atoms with Crippen LogP contribution in [0.15, 0.2) is 29.3 Å². The van der Waals surface area contributed by atoms with Crippen molar-refractivity contribution in [3.63, 3.8) is 0 Å². The monoisotopic (exact) mass is 1590 g/mol. The van der Waals surface area contributed by atoms with E-state index in [1.165, 1.54) is 31.2 Å². The molecule has 0 radical (unpaired) electrons. The number of benzene rings is 1. The van der Waals surface area contributed by atoms with Gasteiger partial charge in [0.25, 0.3) is 0 Å². The molecule has 0 saturated carbocycles. The number of amides is 14. The van der Waals surface area contributed by atoms with Crippen LogP contribution >= 0.6 is 0 Å². The predicted octanol–water partition coefficient (Wildman–Crippen LogP) is -5.23. The molecule has 30 N–H and O–H groups in total. The molecule has 0 spiro atoms. The zero-order valence-corrected chi connectivity index (χ0v) is 65.2. The van der Waals surface area contributed by atoms with Gasteiger partial charge in [0.2, 0.25) is 82.7 Å². The smallest absolute Gasteiger partial charge is 0.326 e. The number of carbonyl (C=O) groups is 17. The van der Waals surface area contributed by atoms with E-state index in [9.17, 15) is 102 Å². The number of guanidine groups is 1. The summed E-state index contributed by atoms with van der Waals surface area (Å²) in [5.74, 6) is -20.6. The highest BCUT2D eigenvalue weighted by molar-refractivity contribution is 6.01. The van der Waals surface area contributed by atoms with E-state index in [0.717, 1.165) is 0 Å². The third kappa shape index (κ3) is 40.2. The van der Waals surface area contributed by atoms with Crippen LogP contribution in [-0.2, 0) is 87.9 Å². The Morgan fingerprint density at radius 1 is 0.375 bits per heavy atom. The lowest BCUT2D eigenvalue weighted by Crippen LogP contribution is -2.61. The number of aromatic hydroxyl groups is 1. The molecule has 112 heavy (non-hydrogen) atoms. The van der Waals surface area contributed by atoms with E-state index in [1.807, 2.05) is 0 Å². The van der Waals surface area contributed by atoms with E-state index >= 15 is 0 Å². The third-order valence-corrected chi connectivity index (χ3v) is 17.1. The maximum Gasteiger partial charge on any atom is 0.326 e. The minimum atomic E-state index is -1.93. The molecule has 0 bridgehead atoms. The number of phenols is 1. The van der Waals surface area contributed by atoms with E-state index in [1.54, 1.807) is 55.4 Å². The number of unbranched alkanes of at least 4 members (excludes halogenated alkanes) is 2. The lowest BCUT2D eigenvalue weighted by Gasteiger charge is -2.29. The predicted molar refractivity (Wildman–Crippen MR) is 407 cm³/mol. The SMILES string of the molecule is CC(C)C[C@H](NC(=O)[C@H](C)NC(=O)[C@H](CC(C)C)NC(=O)[C@H](Cc1ccc(O)cc1)NC(=O)[C@H](CC(N)=O)NC(=O)[C@H](CCC(N)=O)NC(=O)[C@H](CCCCN)NC(=O)[C@@H](N)CC(=O)O)C(=O)N[C@H](C(=O)N[C@@H](CCCN=C(N)N)C(=O)N[C@@H](CCC(=O)O)C(=O)N[C@@H](CC(C)C)C(=O)N[C@@H](CCCCN)C(=O)O)C(C)C. The second-order valence-electron chi connectivity index (χ2n) is 29.0. The van der Waals surface area contributed by atoms with Gasteiger partial charge < -0.3 is 124 Å². The van der Waals surface area contributed by atoms with Crippen LogP contribution in [0.2, 0.25) is 0 Å². The highest BCUT2D eigenvalue weighted by Gasteiger charge is 2.39. The summed E-state index contributed by atoms with van der Waals surface area (Å²) >= 11 is 0. The van der Waals surface area contributed by atoms with Crippen molar-refractivity contribution in [3.8, 4) is 5.75 Å². The molecule has 1 aromatic rings.